The van der Waals surface area contributed by atoms with Gasteiger partial charge < -0.3 is 9.72 Å². The van der Waals surface area contributed by atoms with E-state index < -0.39 is 17.5 Å². The zero-order chi connectivity index (χ0) is 18.1. The van der Waals surface area contributed by atoms with Crippen LogP contribution < -0.4 is 5.32 Å². The van der Waals surface area contributed by atoms with Crippen molar-refractivity contribution in [1.82, 2.24) is 14.4 Å². The molecule has 0 spiro atoms. The average molecular weight is 350 g/mol. The van der Waals surface area contributed by atoms with Crippen molar-refractivity contribution in [2.75, 3.05) is 5.32 Å². The number of rotatable bonds is 3. The van der Waals surface area contributed by atoms with Crippen LogP contribution in [0.1, 0.15) is 10.5 Å². The largest absolute Gasteiger partial charge is 0.318 e. The first-order valence-electron chi connectivity index (χ1n) is 7.77. The second kappa shape index (κ2) is 6.36. The van der Waals surface area contributed by atoms with E-state index in [0.717, 1.165) is 29.5 Å². The molecule has 0 aliphatic rings. The van der Waals surface area contributed by atoms with Crippen molar-refractivity contribution in [2.24, 2.45) is 0 Å². The van der Waals surface area contributed by atoms with Crippen LogP contribution in [0.4, 0.5) is 14.5 Å². The van der Waals surface area contributed by atoms with Crippen LogP contribution in [-0.2, 0) is 0 Å². The van der Waals surface area contributed by atoms with E-state index in [9.17, 15) is 13.6 Å². The molecule has 4 rings (SSSR count). The van der Waals surface area contributed by atoms with Gasteiger partial charge in [-0.15, -0.1) is 0 Å². The number of carbonyl (C=O) groups excluding carboxylic acids is 1. The minimum Gasteiger partial charge on any atom is -0.318 e. The van der Waals surface area contributed by atoms with Crippen molar-refractivity contribution in [3.05, 3.63) is 84.4 Å². The first-order valence-corrected chi connectivity index (χ1v) is 7.77. The number of amides is 1. The number of benzene rings is 1. The molecular weight excluding hydrogens is 338 g/mol. The average Bonchev–Trinajstić information content (AvgIpc) is 3.09. The molecule has 0 fully saturated rings. The third-order valence-electron chi connectivity index (χ3n) is 3.82. The highest BCUT2D eigenvalue weighted by molar-refractivity contribution is 6.03. The van der Waals surface area contributed by atoms with Crippen molar-refractivity contribution in [3.8, 4) is 11.3 Å². The molecule has 3 heterocycles. The molecule has 3 aromatic heterocycles. The van der Waals surface area contributed by atoms with E-state index in [1.165, 1.54) is 6.20 Å². The van der Waals surface area contributed by atoms with Crippen LogP contribution in [0, 0.1) is 11.6 Å². The van der Waals surface area contributed by atoms with Crippen LogP contribution in [0.15, 0.2) is 67.1 Å². The van der Waals surface area contributed by atoms with Crippen molar-refractivity contribution in [1.29, 1.82) is 0 Å². The summed E-state index contributed by atoms with van der Waals surface area (Å²) in [5, 5.41) is 2.33. The second-order valence-electron chi connectivity index (χ2n) is 5.60. The number of pyridine rings is 2. The maximum Gasteiger partial charge on any atom is 0.275 e. The Balaban J connectivity index is 1.65. The van der Waals surface area contributed by atoms with Crippen molar-refractivity contribution < 1.29 is 13.6 Å². The molecule has 0 bridgehead atoms. The van der Waals surface area contributed by atoms with Gasteiger partial charge >= 0.3 is 0 Å². The standard InChI is InChI=1S/C19H12F2N4O/c20-13-5-6-14(21)16(9-13)24-19(26)17-11-25-10-12(4-7-18(25)23-17)15-3-1-2-8-22-15/h1-11H,(H,24,26). The first kappa shape index (κ1) is 15.9. The van der Waals surface area contributed by atoms with E-state index >= 15 is 0 Å². The van der Waals surface area contributed by atoms with Gasteiger partial charge in [0, 0.05) is 30.2 Å². The summed E-state index contributed by atoms with van der Waals surface area (Å²) in [5.74, 6) is -1.99. The van der Waals surface area contributed by atoms with E-state index in [2.05, 4.69) is 15.3 Å². The Morgan fingerprint density at radius 3 is 2.73 bits per heavy atom. The monoisotopic (exact) mass is 350 g/mol. The molecule has 0 radical (unpaired) electrons. The summed E-state index contributed by atoms with van der Waals surface area (Å²) >= 11 is 0. The number of fused-ring (bicyclic) bond motifs is 1. The van der Waals surface area contributed by atoms with Gasteiger partial charge in [0.1, 0.15) is 23.0 Å². The van der Waals surface area contributed by atoms with E-state index in [-0.39, 0.29) is 11.4 Å². The minimum atomic E-state index is -0.721. The number of imidazole rings is 1. The minimum absolute atomic E-state index is 0.0897. The molecule has 128 valence electrons. The Morgan fingerprint density at radius 2 is 1.92 bits per heavy atom. The Bertz CT molecular complexity index is 1110. The Labute approximate surface area is 147 Å². The molecule has 0 saturated heterocycles. The summed E-state index contributed by atoms with van der Waals surface area (Å²) in [5.41, 5.74) is 2.05. The number of carbonyl (C=O) groups is 1. The van der Waals surface area contributed by atoms with Crippen LogP contribution in [0.25, 0.3) is 16.9 Å². The molecule has 0 unspecified atom stereocenters. The molecule has 1 N–H and O–H groups in total. The number of halogens is 2. The van der Waals surface area contributed by atoms with Crippen LogP contribution >= 0.6 is 0 Å². The Morgan fingerprint density at radius 1 is 1.04 bits per heavy atom. The lowest BCUT2D eigenvalue weighted by molar-refractivity contribution is 0.102. The number of aromatic nitrogens is 3. The zero-order valence-electron chi connectivity index (χ0n) is 13.4. The third kappa shape index (κ3) is 3.02. The molecule has 7 heteroatoms. The fraction of sp³-hybridized carbons (Fsp3) is 0. The molecule has 1 amide bonds. The van der Waals surface area contributed by atoms with Crippen LogP contribution in [-0.4, -0.2) is 20.3 Å². The molecule has 1 aromatic carbocycles. The van der Waals surface area contributed by atoms with Gasteiger partial charge in [-0.3, -0.25) is 9.78 Å². The van der Waals surface area contributed by atoms with Crippen molar-refractivity contribution >= 4 is 17.2 Å². The fourth-order valence-electron chi connectivity index (χ4n) is 2.57. The topological polar surface area (TPSA) is 59.3 Å². The van der Waals surface area contributed by atoms with Crippen LogP contribution in [0.2, 0.25) is 0 Å². The van der Waals surface area contributed by atoms with Gasteiger partial charge in [0.25, 0.3) is 5.91 Å². The van der Waals surface area contributed by atoms with Gasteiger partial charge in [-0.25, -0.2) is 13.8 Å². The van der Waals surface area contributed by atoms with Crippen molar-refractivity contribution in [2.45, 2.75) is 0 Å². The third-order valence-corrected chi connectivity index (χ3v) is 3.82. The molecule has 0 aliphatic carbocycles. The summed E-state index contributed by atoms with van der Waals surface area (Å²) in [6.45, 7) is 0. The van der Waals surface area contributed by atoms with E-state index in [1.54, 1.807) is 22.9 Å². The lowest BCUT2D eigenvalue weighted by atomic mass is 10.2. The maximum absolute atomic E-state index is 13.7. The Hall–Kier alpha value is -3.61. The lowest BCUT2D eigenvalue weighted by Gasteiger charge is -2.04. The number of nitrogens with zero attached hydrogens (tertiary/aromatic N) is 3. The predicted molar refractivity (Wildman–Crippen MR) is 92.7 cm³/mol. The molecular formula is C19H12F2N4O. The predicted octanol–water partition coefficient (Wildman–Crippen LogP) is 3.93. The summed E-state index contributed by atoms with van der Waals surface area (Å²) in [6.07, 6.45) is 5.01. The number of anilines is 1. The normalized spacial score (nSPS) is 10.8. The van der Waals surface area contributed by atoms with Gasteiger partial charge in [0.2, 0.25) is 0 Å². The van der Waals surface area contributed by atoms with Gasteiger partial charge in [0.05, 0.1) is 11.4 Å². The number of nitrogens with one attached hydrogen (secondary N) is 1. The second-order valence-corrected chi connectivity index (χ2v) is 5.60. The summed E-state index contributed by atoms with van der Waals surface area (Å²) in [6, 6.07) is 12.0. The molecule has 26 heavy (non-hydrogen) atoms. The quantitative estimate of drug-likeness (QED) is 0.609. The summed E-state index contributed by atoms with van der Waals surface area (Å²) in [7, 11) is 0. The van der Waals surface area contributed by atoms with Gasteiger partial charge in [-0.2, -0.15) is 0 Å². The highest BCUT2D eigenvalue weighted by Crippen LogP contribution is 2.19. The molecule has 5 nitrogen and oxygen atoms in total. The molecule has 0 aliphatic heterocycles. The maximum atomic E-state index is 13.7. The number of hydrogen-bond acceptors (Lipinski definition) is 3. The Kier molecular flexibility index (Phi) is 3.89. The lowest BCUT2D eigenvalue weighted by Crippen LogP contribution is -2.13. The van der Waals surface area contributed by atoms with Crippen molar-refractivity contribution in [3.63, 3.8) is 0 Å². The van der Waals surface area contributed by atoms with Gasteiger partial charge in [-0.05, 0) is 36.4 Å². The smallest absolute Gasteiger partial charge is 0.275 e. The van der Waals surface area contributed by atoms with E-state index in [4.69, 9.17) is 0 Å². The first-order chi connectivity index (χ1) is 12.6. The summed E-state index contributed by atoms with van der Waals surface area (Å²) in [4.78, 5) is 20.8. The van der Waals surface area contributed by atoms with E-state index in [0.29, 0.717) is 5.65 Å². The molecule has 0 atom stereocenters. The van der Waals surface area contributed by atoms with Gasteiger partial charge in [0.15, 0.2) is 0 Å². The fourth-order valence-corrected chi connectivity index (χ4v) is 2.57. The molecule has 0 saturated carbocycles. The van der Waals surface area contributed by atoms with Gasteiger partial charge in [-0.1, -0.05) is 6.07 Å². The van der Waals surface area contributed by atoms with Crippen LogP contribution in [0.3, 0.4) is 0 Å². The highest BCUT2D eigenvalue weighted by atomic mass is 19.1. The van der Waals surface area contributed by atoms with Crippen LogP contribution in [0.5, 0.6) is 0 Å². The zero-order valence-corrected chi connectivity index (χ0v) is 13.4. The highest BCUT2D eigenvalue weighted by Gasteiger charge is 2.14. The number of hydrogen-bond donors (Lipinski definition) is 1. The summed E-state index contributed by atoms with van der Waals surface area (Å²) < 4.78 is 28.6. The molecule has 4 aromatic rings. The SMILES string of the molecule is O=C(Nc1cc(F)ccc1F)c1cn2cc(-c3ccccn3)ccc2n1. The van der Waals surface area contributed by atoms with E-state index in [1.807, 2.05) is 24.3 Å².